The van der Waals surface area contributed by atoms with Gasteiger partial charge in [0.1, 0.15) is 6.04 Å². The summed E-state index contributed by atoms with van der Waals surface area (Å²) < 4.78 is 0. The molecular formula is C14H18N2O3. The Hall–Kier alpha value is -1.78. The van der Waals surface area contributed by atoms with E-state index in [0.717, 1.165) is 24.8 Å². The van der Waals surface area contributed by atoms with E-state index in [2.05, 4.69) is 4.98 Å². The minimum atomic E-state index is -0.865. The predicted molar refractivity (Wildman–Crippen MR) is 68.8 cm³/mol. The number of carbonyl (C=O) groups is 2. The minimum Gasteiger partial charge on any atom is -0.480 e. The highest BCUT2D eigenvalue weighted by Gasteiger charge is 2.49. The van der Waals surface area contributed by atoms with Crippen LogP contribution in [0.3, 0.4) is 0 Å². The molecule has 0 aromatic carbocycles. The average molecular weight is 262 g/mol. The summed E-state index contributed by atoms with van der Waals surface area (Å²) in [5.41, 5.74) is 1.46. The molecule has 1 aromatic heterocycles. The Kier molecular flexibility index (Phi) is 2.84. The molecule has 19 heavy (non-hydrogen) atoms. The van der Waals surface area contributed by atoms with Crippen molar-refractivity contribution in [2.45, 2.75) is 32.2 Å². The number of nitrogens with one attached hydrogen (secondary N) is 1. The Morgan fingerprint density at radius 2 is 2.16 bits per heavy atom. The Bertz CT molecular complexity index is 523. The number of rotatable bonds is 2. The van der Waals surface area contributed by atoms with Crippen molar-refractivity contribution in [1.82, 2.24) is 9.88 Å². The van der Waals surface area contributed by atoms with Gasteiger partial charge in [-0.1, -0.05) is 6.42 Å². The second-order valence-electron chi connectivity index (χ2n) is 5.65. The van der Waals surface area contributed by atoms with E-state index in [-0.39, 0.29) is 11.8 Å². The largest absolute Gasteiger partial charge is 0.480 e. The molecule has 102 valence electrons. The number of carboxylic acids is 1. The summed E-state index contributed by atoms with van der Waals surface area (Å²) in [6.45, 7) is 2.45. The molecule has 3 atom stereocenters. The van der Waals surface area contributed by atoms with Crippen molar-refractivity contribution in [2.24, 2.45) is 11.8 Å². The molecule has 1 saturated carbocycles. The maximum absolute atomic E-state index is 12.5. The number of aromatic amines is 1. The van der Waals surface area contributed by atoms with Crippen LogP contribution in [0.5, 0.6) is 0 Å². The zero-order valence-electron chi connectivity index (χ0n) is 10.9. The van der Waals surface area contributed by atoms with Gasteiger partial charge in [0, 0.05) is 18.9 Å². The molecule has 1 aromatic rings. The van der Waals surface area contributed by atoms with E-state index in [1.807, 2.05) is 6.92 Å². The summed E-state index contributed by atoms with van der Waals surface area (Å²) in [5.74, 6) is -0.513. The summed E-state index contributed by atoms with van der Waals surface area (Å²) in [4.78, 5) is 28.5. The van der Waals surface area contributed by atoms with Gasteiger partial charge < -0.3 is 15.0 Å². The van der Waals surface area contributed by atoms with Gasteiger partial charge in [-0.15, -0.1) is 0 Å². The summed E-state index contributed by atoms with van der Waals surface area (Å²) in [7, 11) is 0. The van der Waals surface area contributed by atoms with Crippen molar-refractivity contribution in [3.8, 4) is 0 Å². The number of aliphatic carboxylic acids is 1. The third kappa shape index (κ3) is 1.84. The van der Waals surface area contributed by atoms with Gasteiger partial charge in [0.2, 0.25) is 0 Å². The summed E-state index contributed by atoms with van der Waals surface area (Å²) in [6, 6.07) is -0.644. The number of hydrogen-bond donors (Lipinski definition) is 2. The minimum absolute atomic E-state index is 0.140. The standard InChI is InChI=1S/C14H18N2O3/c1-8-5-15-6-11(8)13(17)16-7-9-3-2-4-10(9)12(16)14(18)19/h5-6,9-10,12,15H,2-4,7H2,1H3,(H,18,19)/t9-,10-,12-/m0/s1. The van der Waals surface area contributed by atoms with Crippen LogP contribution in [-0.2, 0) is 4.79 Å². The smallest absolute Gasteiger partial charge is 0.326 e. The predicted octanol–water partition coefficient (Wildman–Crippen LogP) is 1.65. The van der Waals surface area contributed by atoms with Gasteiger partial charge in [-0.25, -0.2) is 4.79 Å². The van der Waals surface area contributed by atoms with Gasteiger partial charge in [-0.05, 0) is 37.2 Å². The van der Waals surface area contributed by atoms with Crippen molar-refractivity contribution in [2.75, 3.05) is 6.54 Å². The fraction of sp³-hybridized carbons (Fsp3) is 0.571. The molecule has 1 saturated heterocycles. The monoisotopic (exact) mass is 262 g/mol. The van der Waals surface area contributed by atoms with Crippen LogP contribution in [0, 0.1) is 18.8 Å². The highest BCUT2D eigenvalue weighted by molar-refractivity contribution is 5.98. The molecular weight excluding hydrogens is 244 g/mol. The lowest BCUT2D eigenvalue weighted by Gasteiger charge is -2.24. The molecule has 2 aliphatic rings. The van der Waals surface area contributed by atoms with Crippen LogP contribution in [0.25, 0.3) is 0 Å². The third-order valence-electron chi connectivity index (χ3n) is 4.59. The first-order chi connectivity index (χ1) is 9.09. The second-order valence-corrected chi connectivity index (χ2v) is 5.65. The van der Waals surface area contributed by atoms with Gasteiger partial charge >= 0.3 is 5.97 Å². The van der Waals surface area contributed by atoms with Crippen LogP contribution in [0.4, 0.5) is 0 Å². The van der Waals surface area contributed by atoms with Gasteiger partial charge in [0.25, 0.3) is 5.91 Å². The fourth-order valence-electron chi connectivity index (χ4n) is 3.66. The topological polar surface area (TPSA) is 73.4 Å². The van der Waals surface area contributed by atoms with Crippen LogP contribution < -0.4 is 0 Å². The molecule has 5 nitrogen and oxygen atoms in total. The van der Waals surface area contributed by atoms with E-state index in [1.54, 1.807) is 17.3 Å². The molecule has 2 fully saturated rings. The van der Waals surface area contributed by atoms with E-state index in [9.17, 15) is 14.7 Å². The number of nitrogens with zero attached hydrogens (tertiary/aromatic N) is 1. The van der Waals surface area contributed by atoms with E-state index in [1.165, 1.54) is 0 Å². The number of amides is 1. The van der Waals surface area contributed by atoms with E-state index in [0.29, 0.717) is 18.0 Å². The molecule has 0 unspecified atom stereocenters. The number of carboxylic acid groups (broad SMARTS) is 1. The quantitative estimate of drug-likeness (QED) is 0.851. The maximum Gasteiger partial charge on any atom is 0.326 e. The summed E-state index contributed by atoms with van der Waals surface area (Å²) in [5, 5.41) is 9.44. The van der Waals surface area contributed by atoms with E-state index < -0.39 is 12.0 Å². The third-order valence-corrected chi connectivity index (χ3v) is 4.59. The first-order valence-electron chi connectivity index (χ1n) is 6.76. The molecule has 1 aliphatic carbocycles. The van der Waals surface area contributed by atoms with Crippen molar-refractivity contribution >= 4 is 11.9 Å². The number of hydrogen-bond acceptors (Lipinski definition) is 2. The molecule has 3 rings (SSSR count). The highest BCUT2D eigenvalue weighted by atomic mass is 16.4. The molecule has 2 N–H and O–H groups in total. The van der Waals surface area contributed by atoms with Crippen molar-refractivity contribution < 1.29 is 14.7 Å². The zero-order chi connectivity index (χ0) is 13.6. The number of carbonyl (C=O) groups excluding carboxylic acids is 1. The number of fused-ring (bicyclic) bond motifs is 1. The normalized spacial score (nSPS) is 29.5. The lowest BCUT2D eigenvalue weighted by Crippen LogP contribution is -2.43. The SMILES string of the molecule is Cc1c[nH]cc1C(=O)N1C[C@@H]2CCC[C@@H]2[C@H]1C(=O)O. The summed E-state index contributed by atoms with van der Waals surface area (Å²) in [6.07, 6.45) is 6.48. The Morgan fingerprint density at radius 1 is 1.37 bits per heavy atom. The second kappa shape index (κ2) is 4.40. The lowest BCUT2D eigenvalue weighted by atomic mass is 9.94. The molecule has 1 amide bonds. The van der Waals surface area contributed by atoms with Crippen LogP contribution in [0.1, 0.15) is 35.2 Å². The first-order valence-corrected chi connectivity index (χ1v) is 6.76. The molecule has 0 radical (unpaired) electrons. The van der Waals surface area contributed by atoms with Crippen molar-refractivity contribution in [3.63, 3.8) is 0 Å². The number of aryl methyl sites for hydroxylation is 1. The van der Waals surface area contributed by atoms with Gasteiger partial charge in [-0.3, -0.25) is 4.79 Å². The van der Waals surface area contributed by atoms with E-state index >= 15 is 0 Å². The van der Waals surface area contributed by atoms with Gasteiger partial charge in [-0.2, -0.15) is 0 Å². The van der Waals surface area contributed by atoms with Crippen LogP contribution in [0.15, 0.2) is 12.4 Å². The Balaban J connectivity index is 1.90. The highest BCUT2D eigenvalue weighted by Crippen LogP contribution is 2.42. The van der Waals surface area contributed by atoms with E-state index in [4.69, 9.17) is 0 Å². The molecule has 0 spiro atoms. The Labute approximate surface area is 111 Å². The molecule has 1 aliphatic heterocycles. The zero-order valence-corrected chi connectivity index (χ0v) is 10.9. The lowest BCUT2D eigenvalue weighted by molar-refractivity contribution is -0.142. The van der Waals surface area contributed by atoms with Crippen LogP contribution >= 0.6 is 0 Å². The van der Waals surface area contributed by atoms with Gasteiger partial charge in [0.05, 0.1) is 5.56 Å². The Morgan fingerprint density at radius 3 is 2.79 bits per heavy atom. The van der Waals surface area contributed by atoms with Crippen LogP contribution in [0.2, 0.25) is 0 Å². The summed E-state index contributed by atoms with van der Waals surface area (Å²) >= 11 is 0. The fourth-order valence-corrected chi connectivity index (χ4v) is 3.66. The van der Waals surface area contributed by atoms with Crippen LogP contribution in [-0.4, -0.2) is 39.5 Å². The number of H-pyrrole nitrogens is 1. The molecule has 2 heterocycles. The molecule has 0 bridgehead atoms. The average Bonchev–Trinajstić information content (AvgIpc) is 3.00. The van der Waals surface area contributed by atoms with Crippen molar-refractivity contribution in [3.05, 3.63) is 23.5 Å². The molecule has 5 heteroatoms. The maximum atomic E-state index is 12.5. The first kappa shape index (κ1) is 12.3. The number of aromatic nitrogens is 1. The van der Waals surface area contributed by atoms with Gasteiger partial charge in [0.15, 0.2) is 0 Å². The van der Waals surface area contributed by atoms with Crippen molar-refractivity contribution in [1.29, 1.82) is 0 Å². The number of likely N-dealkylation sites (tertiary alicyclic amines) is 1.